The number of rotatable bonds is 5. The van der Waals surface area contributed by atoms with Gasteiger partial charge in [0.2, 0.25) is 0 Å². The van der Waals surface area contributed by atoms with E-state index in [0.29, 0.717) is 24.3 Å². The molecule has 26 heavy (non-hydrogen) atoms. The molecule has 0 atom stereocenters. The number of hydrogen-bond acceptors (Lipinski definition) is 7. The maximum Gasteiger partial charge on any atom is 0.348 e. The maximum atomic E-state index is 11.9. The number of benzene rings is 1. The Bertz CT molecular complexity index is 662. The molecule has 0 spiro atoms. The third-order valence-electron chi connectivity index (χ3n) is 3.83. The van der Waals surface area contributed by atoms with Crippen LogP contribution < -0.4 is 4.74 Å². The zero-order chi connectivity index (χ0) is 18.6. The second-order valence-electron chi connectivity index (χ2n) is 6.47. The van der Waals surface area contributed by atoms with Crippen molar-refractivity contribution >= 4 is 18.0 Å². The molecular formula is C19H22O7. The minimum atomic E-state index is -1.24. The molecule has 2 saturated heterocycles. The average molecular weight is 362 g/mol. The Morgan fingerprint density at radius 3 is 2.31 bits per heavy atom. The molecule has 0 aromatic heterocycles. The predicted octanol–water partition coefficient (Wildman–Crippen LogP) is 2.44. The molecule has 0 aliphatic carbocycles. The van der Waals surface area contributed by atoms with E-state index in [2.05, 4.69) is 0 Å². The van der Waals surface area contributed by atoms with Gasteiger partial charge in [0, 0.05) is 20.3 Å². The standard InChI is InChI=1S/C19H22O7/c1-19(2)25-17(20)15(18(21)26-19)12-13-4-6-14(7-5-13)22-11-8-16-23-9-3-10-24-16/h4-7,12,16H,3,8-11H2,1-2H3. The topological polar surface area (TPSA) is 80.3 Å². The maximum absolute atomic E-state index is 11.9. The molecular weight excluding hydrogens is 340 g/mol. The second kappa shape index (κ2) is 7.88. The fraction of sp³-hybridized carbons (Fsp3) is 0.474. The van der Waals surface area contributed by atoms with Gasteiger partial charge in [-0.1, -0.05) is 12.1 Å². The highest BCUT2D eigenvalue weighted by molar-refractivity contribution is 6.18. The Kier molecular flexibility index (Phi) is 5.58. The van der Waals surface area contributed by atoms with Gasteiger partial charge in [-0.2, -0.15) is 0 Å². The highest BCUT2D eigenvalue weighted by Gasteiger charge is 2.38. The molecule has 1 aromatic rings. The van der Waals surface area contributed by atoms with E-state index in [-0.39, 0.29) is 11.9 Å². The summed E-state index contributed by atoms with van der Waals surface area (Å²) in [6, 6.07) is 7.02. The quantitative estimate of drug-likeness (QED) is 0.452. The molecule has 2 aliphatic rings. The van der Waals surface area contributed by atoms with Crippen molar-refractivity contribution in [2.24, 2.45) is 0 Å². The second-order valence-corrected chi connectivity index (χ2v) is 6.47. The lowest BCUT2D eigenvalue weighted by molar-refractivity contribution is -0.222. The van der Waals surface area contributed by atoms with E-state index in [0.717, 1.165) is 19.6 Å². The molecule has 0 radical (unpaired) electrons. The van der Waals surface area contributed by atoms with Crippen molar-refractivity contribution in [3.8, 4) is 5.75 Å². The molecule has 2 fully saturated rings. The summed E-state index contributed by atoms with van der Waals surface area (Å²) in [6.45, 7) is 4.93. The number of esters is 2. The Morgan fingerprint density at radius 2 is 1.69 bits per heavy atom. The fourth-order valence-corrected chi connectivity index (χ4v) is 2.58. The van der Waals surface area contributed by atoms with E-state index in [9.17, 15) is 9.59 Å². The lowest BCUT2D eigenvalue weighted by atomic mass is 10.1. The largest absolute Gasteiger partial charge is 0.493 e. The summed E-state index contributed by atoms with van der Waals surface area (Å²) in [4.78, 5) is 23.9. The third kappa shape index (κ3) is 4.83. The molecule has 0 unspecified atom stereocenters. The van der Waals surface area contributed by atoms with Gasteiger partial charge in [0.1, 0.15) is 11.3 Å². The van der Waals surface area contributed by atoms with Gasteiger partial charge in [0.25, 0.3) is 5.79 Å². The van der Waals surface area contributed by atoms with Crippen LogP contribution in [0.2, 0.25) is 0 Å². The van der Waals surface area contributed by atoms with Crippen LogP contribution in [-0.4, -0.2) is 43.8 Å². The molecule has 2 heterocycles. The first kappa shape index (κ1) is 18.4. The van der Waals surface area contributed by atoms with Crippen molar-refractivity contribution in [3.63, 3.8) is 0 Å². The van der Waals surface area contributed by atoms with E-state index < -0.39 is 17.7 Å². The van der Waals surface area contributed by atoms with Gasteiger partial charge in [0.15, 0.2) is 6.29 Å². The third-order valence-corrected chi connectivity index (χ3v) is 3.83. The van der Waals surface area contributed by atoms with Crippen LogP contribution in [0.15, 0.2) is 29.8 Å². The van der Waals surface area contributed by atoms with Crippen molar-refractivity contribution in [2.45, 2.75) is 38.8 Å². The SMILES string of the molecule is CC1(C)OC(=O)C(=Cc2ccc(OCCC3OCCCO3)cc2)C(=O)O1. The number of carbonyl (C=O) groups excluding carboxylic acids is 2. The van der Waals surface area contributed by atoms with Crippen molar-refractivity contribution in [1.29, 1.82) is 0 Å². The van der Waals surface area contributed by atoms with Crippen LogP contribution in [0.1, 0.15) is 32.3 Å². The summed E-state index contributed by atoms with van der Waals surface area (Å²) in [5.41, 5.74) is 0.532. The predicted molar refractivity (Wildman–Crippen MR) is 91.1 cm³/mol. The minimum absolute atomic E-state index is 0.135. The summed E-state index contributed by atoms with van der Waals surface area (Å²) >= 11 is 0. The van der Waals surface area contributed by atoms with E-state index in [1.54, 1.807) is 24.3 Å². The first-order valence-electron chi connectivity index (χ1n) is 8.57. The molecule has 140 valence electrons. The highest BCUT2D eigenvalue weighted by atomic mass is 16.7. The Hall–Kier alpha value is -2.38. The van der Waals surface area contributed by atoms with Crippen LogP contribution in [-0.2, 0) is 28.5 Å². The molecule has 0 N–H and O–H groups in total. The summed E-state index contributed by atoms with van der Waals surface area (Å²) < 4.78 is 26.7. The van der Waals surface area contributed by atoms with Gasteiger partial charge < -0.3 is 23.7 Å². The van der Waals surface area contributed by atoms with Crippen molar-refractivity contribution in [2.75, 3.05) is 19.8 Å². The van der Waals surface area contributed by atoms with Gasteiger partial charge in [-0.3, -0.25) is 0 Å². The van der Waals surface area contributed by atoms with Gasteiger partial charge >= 0.3 is 11.9 Å². The van der Waals surface area contributed by atoms with Gasteiger partial charge in [0.05, 0.1) is 19.8 Å². The molecule has 7 heteroatoms. The first-order chi connectivity index (χ1) is 12.4. The molecule has 0 amide bonds. The van der Waals surface area contributed by atoms with Crippen LogP contribution in [0.25, 0.3) is 6.08 Å². The van der Waals surface area contributed by atoms with Crippen molar-refractivity contribution in [3.05, 3.63) is 35.4 Å². The molecule has 7 nitrogen and oxygen atoms in total. The monoisotopic (exact) mass is 362 g/mol. The number of cyclic esters (lactones) is 2. The molecule has 0 saturated carbocycles. The summed E-state index contributed by atoms with van der Waals surface area (Å²) in [6.07, 6.45) is 2.81. The van der Waals surface area contributed by atoms with Crippen LogP contribution in [0.5, 0.6) is 5.75 Å². The van der Waals surface area contributed by atoms with Crippen LogP contribution in [0.4, 0.5) is 0 Å². The van der Waals surface area contributed by atoms with Crippen molar-refractivity contribution < 1.29 is 33.3 Å². The first-order valence-corrected chi connectivity index (χ1v) is 8.57. The van der Waals surface area contributed by atoms with Crippen LogP contribution >= 0.6 is 0 Å². The van der Waals surface area contributed by atoms with E-state index in [4.69, 9.17) is 23.7 Å². The molecule has 3 rings (SSSR count). The van der Waals surface area contributed by atoms with E-state index in [1.807, 2.05) is 0 Å². The highest BCUT2D eigenvalue weighted by Crippen LogP contribution is 2.24. The summed E-state index contributed by atoms with van der Waals surface area (Å²) in [5, 5.41) is 0. The fourth-order valence-electron chi connectivity index (χ4n) is 2.58. The van der Waals surface area contributed by atoms with Crippen molar-refractivity contribution in [1.82, 2.24) is 0 Å². The Labute approximate surface area is 151 Å². The summed E-state index contributed by atoms with van der Waals surface area (Å²) in [7, 11) is 0. The van der Waals surface area contributed by atoms with Gasteiger partial charge in [-0.15, -0.1) is 0 Å². The average Bonchev–Trinajstić information content (AvgIpc) is 2.59. The molecule has 1 aromatic carbocycles. The van der Waals surface area contributed by atoms with E-state index in [1.165, 1.54) is 19.9 Å². The number of ether oxygens (including phenoxy) is 5. The number of carbonyl (C=O) groups is 2. The number of hydrogen-bond donors (Lipinski definition) is 0. The normalized spacial score (nSPS) is 20.3. The zero-order valence-corrected chi connectivity index (χ0v) is 14.9. The minimum Gasteiger partial charge on any atom is -0.493 e. The summed E-state index contributed by atoms with van der Waals surface area (Å²) in [5.74, 6) is -1.95. The van der Waals surface area contributed by atoms with Crippen LogP contribution in [0, 0.1) is 0 Å². The lowest BCUT2D eigenvalue weighted by Crippen LogP contribution is -2.41. The Morgan fingerprint density at radius 1 is 1.08 bits per heavy atom. The lowest BCUT2D eigenvalue weighted by Gasteiger charge is -2.29. The molecule has 0 bridgehead atoms. The molecule has 2 aliphatic heterocycles. The van der Waals surface area contributed by atoms with E-state index >= 15 is 0 Å². The Balaban J connectivity index is 1.55. The smallest absolute Gasteiger partial charge is 0.348 e. The van der Waals surface area contributed by atoms with Gasteiger partial charge in [-0.25, -0.2) is 9.59 Å². The zero-order valence-electron chi connectivity index (χ0n) is 14.9. The van der Waals surface area contributed by atoms with Crippen LogP contribution in [0.3, 0.4) is 0 Å². The van der Waals surface area contributed by atoms with Gasteiger partial charge in [-0.05, 0) is 30.2 Å².